The summed E-state index contributed by atoms with van der Waals surface area (Å²) >= 11 is 3.27. The van der Waals surface area contributed by atoms with Gasteiger partial charge in [0.2, 0.25) is 0 Å². The lowest BCUT2D eigenvalue weighted by Gasteiger charge is -2.31. The average Bonchev–Trinajstić information content (AvgIpc) is 1.98. The van der Waals surface area contributed by atoms with Crippen molar-refractivity contribution in [3.05, 3.63) is 34.1 Å². The summed E-state index contributed by atoms with van der Waals surface area (Å²) in [6.07, 6.45) is 3.61. The number of hydrogen-bond acceptors (Lipinski definition) is 1. The van der Waals surface area contributed by atoms with Gasteiger partial charge in [0.1, 0.15) is 5.82 Å². The van der Waals surface area contributed by atoms with Gasteiger partial charge in [0, 0.05) is 10.5 Å². The van der Waals surface area contributed by atoms with Crippen LogP contribution in [0.1, 0.15) is 30.9 Å². The zero-order valence-electron chi connectivity index (χ0n) is 8.25. The van der Waals surface area contributed by atoms with Gasteiger partial charge in [-0.1, -0.05) is 22.4 Å². The van der Waals surface area contributed by atoms with Crippen LogP contribution in [0, 0.1) is 11.7 Å². The summed E-state index contributed by atoms with van der Waals surface area (Å²) in [5, 5.41) is 0. The Labute approximate surface area is 104 Å². The van der Waals surface area contributed by atoms with Crippen molar-refractivity contribution in [2.24, 2.45) is 11.7 Å². The Hall–Kier alpha value is -0.120. The first-order valence-electron chi connectivity index (χ1n) is 4.88. The van der Waals surface area contributed by atoms with Crippen molar-refractivity contribution in [2.75, 3.05) is 0 Å². The molecule has 1 saturated carbocycles. The fraction of sp³-hybridized carbons (Fsp3) is 0.455. The minimum atomic E-state index is -0.218. The van der Waals surface area contributed by atoms with Crippen molar-refractivity contribution < 1.29 is 4.39 Å². The number of rotatable bonds is 2. The summed E-state index contributed by atoms with van der Waals surface area (Å²) in [6, 6.07) is 4.90. The molecule has 0 saturated heterocycles. The van der Waals surface area contributed by atoms with Crippen LogP contribution in [0.5, 0.6) is 0 Å². The molecule has 2 rings (SSSR count). The van der Waals surface area contributed by atoms with Crippen molar-refractivity contribution in [1.29, 1.82) is 0 Å². The zero-order valence-corrected chi connectivity index (χ0v) is 10.7. The number of hydrogen-bond donors (Lipinski definition) is 1. The van der Waals surface area contributed by atoms with Crippen LogP contribution in [-0.2, 0) is 0 Å². The summed E-state index contributed by atoms with van der Waals surface area (Å²) in [5.41, 5.74) is 6.95. The van der Waals surface area contributed by atoms with Gasteiger partial charge in [-0.3, -0.25) is 0 Å². The first-order chi connectivity index (χ1) is 6.66. The van der Waals surface area contributed by atoms with Crippen molar-refractivity contribution in [3.63, 3.8) is 0 Å². The molecule has 0 spiro atoms. The molecule has 0 aromatic heterocycles. The highest BCUT2D eigenvalue weighted by molar-refractivity contribution is 9.10. The van der Waals surface area contributed by atoms with Gasteiger partial charge in [-0.25, -0.2) is 4.39 Å². The van der Waals surface area contributed by atoms with Crippen molar-refractivity contribution >= 4 is 28.3 Å². The highest BCUT2D eigenvalue weighted by Gasteiger charge is 2.25. The van der Waals surface area contributed by atoms with Crippen LogP contribution in [0.15, 0.2) is 22.7 Å². The van der Waals surface area contributed by atoms with Crippen LogP contribution in [-0.4, -0.2) is 0 Å². The Bertz CT molecular complexity index is 321. The van der Waals surface area contributed by atoms with E-state index in [-0.39, 0.29) is 24.3 Å². The molecule has 4 heteroatoms. The molecule has 2 N–H and O–H groups in total. The number of benzene rings is 1. The van der Waals surface area contributed by atoms with Crippen LogP contribution >= 0.6 is 28.3 Å². The second-order valence-electron chi connectivity index (χ2n) is 3.92. The maximum atomic E-state index is 13.1. The van der Waals surface area contributed by atoms with E-state index in [1.54, 1.807) is 0 Å². The lowest BCUT2D eigenvalue weighted by Crippen LogP contribution is -2.26. The predicted octanol–water partition coefficient (Wildman–Crippen LogP) is 3.81. The standard InChI is InChI=1S/C11H13BrFN.ClH/c12-9-4-8(5-10(13)6-9)11(14)7-2-1-3-7;/h4-7,11H,1-3,14H2;1H/t11-;/m0./s1. The van der Waals surface area contributed by atoms with E-state index in [4.69, 9.17) is 5.73 Å². The van der Waals surface area contributed by atoms with E-state index < -0.39 is 0 Å². The third kappa shape index (κ3) is 2.92. The van der Waals surface area contributed by atoms with Crippen molar-refractivity contribution in [3.8, 4) is 0 Å². The topological polar surface area (TPSA) is 26.0 Å². The molecule has 1 aromatic rings. The van der Waals surface area contributed by atoms with Crippen LogP contribution in [0.4, 0.5) is 4.39 Å². The van der Waals surface area contributed by atoms with Crippen LogP contribution in [0.3, 0.4) is 0 Å². The highest BCUT2D eigenvalue weighted by atomic mass is 79.9. The predicted molar refractivity (Wildman–Crippen MR) is 65.6 cm³/mol. The molecule has 1 fully saturated rings. The van der Waals surface area contributed by atoms with E-state index in [1.165, 1.54) is 31.4 Å². The van der Waals surface area contributed by atoms with E-state index in [0.717, 1.165) is 10.0 Å². The Morgan fingerprint density at radius 3 is 2.47 bits per heavy atom. The quantitative estimate of drug-likeness (QED) is 0.882. The molecular formula is C11H14BrClFN. The summed E-state index contributed by atoms with van der Waals surface area (Å²) in [7, 11) is 0. The largest absolute Gasteiger partial charge is 0.324 e. The van der Waals surface area contributed by atoms with E-state index in [2.05, 4.69) is 15.9 Å². The average molecular weight is 295 g/mol. The SMILES string of the molecule is Cl.N[C@H](c1cc(F)cc(Br)c1)C1CCC1. The van der Waals surface area contributed by atoms with Gasteiger partial charge in [-0.2, -0.15) is 0 Å². The molecule has 0 bridgehead atoms. The van der Waals surface area contributed by atoms with Gasteiger partial charge in [0.25, 0.3) is 0 Å². The molecule has 1 aliphatic carbocycles. The first-order valence-corrected chi connectivity index (χ1v) is 5.67. The molecule has 1 nitrogen and oxygen atoms in total. The molecule has 0 aliphatic heterocycles. The van der Waals surface area contributed by atoms with E-state index in [1.807, 2.05) is 6.07 Å². The molecule has 0 radical (unpaired) electrons. The fourth-order valence-electron chi connectivity index (χ4n) is 1.84. The number of nitrogens with two attached hydrogens (primary N) is 1. The van der Waals surface area contributed by atoms with Gasteiger partial charge in [0.05, 0.1) is 0 Å². The monoisotopic (exact) mass is 293 g/mol. The Morgan fingerprint density at radius 1 is 1.33 bits per heavy atom. The minimum Gasteiger partial charge on any atom is -0.324 e. The Kier molecular flexibility index (Phi) is 4.56. The second-order valence-corrected chi connectivity index (χ2v) is 4.84. The lowest BCUT2D eigenvalue weighted by atomic mass is 9.77. The van der Waals surface area contributed by atoms with Crippen LogP contribution < -0.4 is 5.73 Å². The molecule has 1 aliphatic rings. The van der Waals surface area contributed by atoms with Crippen molar-refractivity contribution in [2.45, 2.75) is 25.3 Å². The summed E-state index contributed by atoms with van der Waals surface area (Å²) in [6.45, 7) is 0. The van der Waals surface area contributed by atoms with Crippen LogP contribution in [0.25, 0.3) is 0 Å². The second kappa shape index (κ2) is 5.28. The number of halogens is 3. The lowest BCUT2D eigenvalue weighted by molar-refractivity contribution is 0.264. The minimum absolute atomic E-state index is 0. The smallest absolute Gasteiger partial charge is 0.124 e. The summed E-state index contributed by atoms with van der Waals surface area (Å²) < 4.78 is 13.9. The molecule has 0 amide bonds. The van der Waals surface area contributed by atoms with Crippen LogP contribution in [0.2, 0.25) is 0 Å². The zero-order chi connectivity index (χ0) is 10.1. The molecule has 1 atom stereocenters. The van der Waals surface area contributed by atoms with Gasteiger partial charge in [-0.05, 0) is 42.5 Å². The molecule has 15 heavy (non-hydrogen) atoms. The molecule has 0 heterocycles. The van der Waals surface area contributed by atoms with Gasteiger partial charge in [0.15, 0.2) is 0 Å². The van der Waals surface area contributed by atoms with Gasteiger partial charge in [-0.15, -0.1) is 12.4 Å². The Morgan fingerprint density at radius 2 is 2.00 bits per heavy atom. The normalized spacial score (nSPS) is 17.8. The highest BCUT2D eigenvalue weighted by Crippen LogP contribution is 2.36. The summed E-state index contributed by atoms with van der Waals surface area (Å²) in [5.74, 6) is 0.327. The van der Waals surface area contributed by atoms with E-state index >= 15 is 0 Å². The summed E-state index contributed by atoms with van der Waals surface area (Å²) in [4.78, 5) is 0. The van der Waals surface area contributed by atoms with Gasteiger partial charge < -0.3 is 5.73 Å². The van der Waals surface area contributed by atoms with E-state index in [9.17, 15) is 4.39 Å². The maximum absolute atomic E-state index is 13.1. The first kappa shape index (κ1) is 12.9. The molecule has 1 aromatic carbocycles. The third-order valence-corrected chi connectivity index (χ3v) is 3.39. The molecule has 0 unspecified atom stereocenters. The molecular weight excluding hydrogens is 280 g/mol. The van der Waals surface area contributed by atoms with Gasteiger partial charge >= 0.3 is 0 Å². The van der Waals surface area contributed by atoms with E-state index in [0.29, 0.717) is 5.92 Å². The third-order valence-electron chi connectivity index (χ3n) is 2.93. The Balaban J connectivity index is 0.00000112. The molecule has 84 valence electrons. The van der Waals surface area contributed by atoms with Crippen molar-refractivity contribution in [1.82, 2.24) is 0 Å². The maximum Gasteiger partial charge on any atom is 0.124 e. The fourth-order valence-corrected chi connectivity index (χ4v) is 2.32.